The molecule has 1 aromatic carbocycles. The van der Waals surface area contributed by atoms with Crippen molar-refractivity contribution in [2.24, 2.45) is 5.92 Å². The van der Waals surface area contributed by atoms with E-state index in [0.717, 1.165) is 12.8 Å². The smallest absolute Gasteiger partial charge is 0.224 e. The molecule has 162 valence electrons. The van der Waals surface area contributed by atoms with Gasteiger partial charge < -0.3 is 25.4 Å². The standard InChI is InChI=1S/C21H23FN6O3/c1-23-18-10-17(25-14-8-13(22)9-16-20(14)31-6-5-30-16)27-21-15(11-24-28(18)21)26-19(29)7-12-3-2-4-12/h8-12,23H,2-7H2,1H3,(H,25,27)(H,26,29). The van der Waals surface area contributed by atoms with Gasteiger partial charge in [-0.05, 0) is 18.8 Å². The van der Waals surface area contributed by atoms with E-state index in [0.29, 0.717) is 65.7 Å². The molecule has 0 unspecified atom stereocenters. The van der Waals surface area contributed by atoms with Crippen molar-refractivity contribution in [3.63, 3.8) is 0 Å². The van der Waals surface area contributed by atoms with Gasteiger partial charge in [-0.1, -0.05) is 6.42 Å². The molecule has 0 spiro atoms. The molecule has 0 saturated heterocycles. The molecule has 2 aliphatic rings. The van der Waals surface area contributed by atoms with E-state index in [1.165, 1.54) is 18.6 Å². The molecule has 0 bridgehead atoms. The highest BCUT2D eigenvalue weighted by Gasteiger charge is 2.22. The average molecular weight is 426 g/mol. The average Bonchev–Trinajstić information content (AvgIpc) is 3.12. The van der Waals surface area contributed by atoms with Gasteiger partial charge in [-0.15, -0.1) is 0 Å². The van der Waals surface area contributed by atoms with Gasteiger partial charge in [-0.25, -0.2) is 9.37 Å². The second kappa shape index (κ2) is 7.93. The Balaban J connectivity index is 1.47. The highest BCUT2D eigenvalue weighted by molar-refractivity contribution is 5.94. The molecule has 5 rings (SSSR count). The number of nitrogens with zero attached hydrogens (tertiary/aromatic N) is 3. The van der Waals surface area contributed by atoms with E-state index in [2.05, 4.69) is 26.0 Å². The van der Waals surface area contributed by atoms with E-state index >= 15 is 0 Å². The lowest BCUT2D eigenvalue weighted by Gasteiger charge is -2.24. The normalized spacial score (nSPS) is 15.4. The van der Waals surface area contributed by atoms with Crippen molar-refractivity contribution in [3.05, 3.63) is 30.2 Å². The zero-order valence-electron chi connectivity index (χ0n) is 17.1. The summed E-state index contributed by atoms with van der Waals surface area (Å²) in [6.07, 6.45) is 5.47. The third kappa shape index (κ3) is 3.80. The first-order valence-electron chi connectivity index (χ1n) is 10.3. The minimum Gasteiger partial charge on any atom is -0.486 e. The summed E-state index contributed by atoms with van der Waals surface area (Å²) in [7, 11) is 1.76. The molecule has 0 atom stereocenters. The van der Waals surface area contributed by atoms with Crippen LogP contribution in [0.5, 0.6) is 11.5 Å². The van der Waals surface area contributed by atoms with Crippen LogP contribution in [0.25, 0.3) is 5.65 Å². The predicted molar refractivity (Wildman–Crippen MR) is 114 cm³/mol. The van der Waals surface area contributed by atoms with Crippen LogP contribution in [0.2, 0.25) is 0 Å². The number of ether oxygens (including phenoxy) is 2. The third-order valence-electron chi connectivity index (χ3n) is 5.57. The van der Waals surface area contributed by atoms with Gasteiger partial charge >= 0.3 is 0 Å². The fourth-order valence-electron chi connectivity index (χ4n) is 3.80. The Morgan fingerprint density at radius 3 is 2.84 bits per heavy atom. The maximum Gasteiger partial charge on any atom is 0.224 e. The Morgan fingerprint density at radius 1 is 1.23 bits per heavy atom. The lowest BCUT2D eigenvalue weighted by molar-refractivity contribution is -0.117. The van der Waals surface area contributed by atoms with Crippen LogP contribution in [0.4, 0.5) is 27.4 Å². The number of aromatic nitrogens is 3. The van der Waals surface area contributed by atoms with Crippen LogP contribution >= 0.6 is 0 Å². The molecule has 1 fully saturated rings. The van der Waals surface area contributed by atoms with Crippen LogP contribution in [0.1, 0.15) is 25.7 Å². The SMILES string of the molecule is CNc1cc(Nc2cc(F)cc3c2OCCO3)nc2c(NC(=O)CC3CCC3)cnn12. The molecule has 9 nitrogen and oxygen atoms in total. The monoisotopic (exact) mass is 426 g/mol. The Hall–Kier alpha value is -3.56. The summed E-state index contributed by atoms with van der Waals surface area (Å²) in [5.41, 5.74) is 1.40. The molecular formula is C21H23FN6O3. The molecular weight excluding hydrogens is 403 g/mol. The van der Waals surface area contributed by atoms with Crippen molar-refractivity contribution < 1.29 is 18.7 Å². The number of fused-ring (bicyclic) bond motifs is 2. The number of carbonyl (C=O) groups excluding carboxylic acids is 1. The highest BCUT2D eigenvalue weighted by Crippen LogP contribution is 2.40. The lowest BCUT2D eigenvalue weighted by atomic mass is 9.83. The molecule has 3 aromatic rings. The van der Waals surface area contributed by atoms with E-state index in [1.807, 2.05) is 0 Å². The first kappa shape index (κ1) is 19.4. The van der Waals surface area contributed by atoms with Crippen molar-refractivity contribution in [3.8, 4) is 11.5 Å². The van der Waals surface area contributed by atoms with Crippen LogP contribution in [0.3, 0.4) is 0 Å². The molecule has 3 N–H and O–H groups in total. The van der Waals surface area contributed by atoms with Crippen molar-refractivity contribution in [1.29, 1.82) is 0 Å². The molecule has 1 saturated carbocycles. The van der Waals surface area contributed by atoms with E-state index in [4.69, 9.17) is 9.47 Å². The molecule has 2 aromatic heterocycles. The largest absolute Gasteiger partial charge is 0.486 e. The van der Waals surface area contributed by atoms with Crippen LogP contribution in [-0.2, 0) is 4.79 Å². The lowest BCUT2D eigenvalue weighted by Crippen LogP contribution is -2.20. The third-order valence-corrected chi connectivity index (χ3v) is 5.57. The van der Waals surface area contributed by atoms with Crippen LogP contribution in [-0.4, -0.2) is 40.8 Å². The molecule has 0 radical (unpaired) electrons. The van der Waals surface area contributed by atoms with Crippen LogP contribution in [0, 0.1) is 11.7 Å². The molecule has 3 heterocycles. The number of rotatable bonds is 6. The fraction of sp³-hybridized carbons (Fsp3) is 0.381. The minimum absolute atomic E-state index is 0.0458. The number of benzene rings is 1. The summed E-state index contributed by atoms with van der Waals surface area (Å²) >= 11 is 0. The Morgan fingerprint density at radius 2 is 2.06 bits per heavy atom. The van der Waals surface area contributed by atoms with Gasteiger partial charge in [0, 0.05) is 31.7 Å². The number of hydrogen-bond acceptors (Lipinski definition) is 7. The van der Waals surface area contributed by atoms with Gasteiger partial charge in [0.05, 0.1) is 11.9 Å². The molecule has 31 heavy (non-hydrogen) atoms. The number of nitrogens with one attached hydrogen (secondary N) is 3. The topological polar surface area (TPSA) is 102 Å². The van der Waals surface area contributed by atoms with Gasteiger partial charge in [0.2, 0.25) is 5.91 Å². The number of carbonyl (C=O) groups is 1. The van der Waals surface area contributed by atoms with Crippen LogP contribution in [0.15, 0.2) is 24.4 Å². The van der Waals surface area contributed by atoms with Crippen molar-refractivity contribution >= 4 is 34.6 Å². The molecule has 1 amide bonds. The first-order valence-corrected chi connectivity index (χ1v) is 10.3. The highest BCUT2D eigenvalue weighted by atomic mass is 19.1. The van der Waals surface area contributed by atoms with Crippen LogP contribution < -0.4 is 25.4 Å². The zero-order chi connectivity index (χ0) is 21.4. The Kier molecular flexibility index (Phi) is 4.97. The summed E-state index contributed by atoms with van der Waals surface area (Å²) in [5.74, 6) is 1.83. The summed E-state index contributed by atoms with van der Waals surface area (Å²) in [6.45, 7) is 0.741. The quantitative estimate of drug-likeness (QED) is 0.554. The zero-order valence-corrected chi connectivity index (χ0v) is 17.1. The van der Waals surface area contributed by atoms with Gasteiger partial charge in [-0.2, -0.15) is 9.61 Å². The number of halogens is 1. The second-order valence-electron chi connectivity index (χ2n) is 7.72. The summed E-state index contributed by atoms with van der Waals surface area (Å²) in [4.78, 5) is 17.0. The maximum absolute atomic E-state index is 14.1. The van der Waals surface area contributed by atoms with E-state index in [-0.39, 0.29) is 5.91 Å². The predicted octanol–water partition coefficient (Wildman–Crippen LogP) is 3.55. The summed E-state index contributed by atoms with van der Waals surface area (Å²) in [6, 6.07) is 4.36. The Bertz CT molecular complexity index is 1140. The van der Waals surface area contributed by atoms with Gasteiger partial charge in [0.15, 0.2) is 17.1 Å². The van der Waals surface area contributed by atoms with Gasteiger partial charge in [0.25, 0.3) is 0 Å². The fourth-order valence-corrected chi connectivity index (χ4v) is 3.80. The van der Waals surface area contributed by atoms with Crippen molar-refractivity contribution in [2.75, 3.05) is 36.2 Å². The molecule has 10 heteroatoms. The summed E-state index contributed by atoms with van der Waals surface area (Å²) in [5, 5.41) is 13.4. The van der Waals surface area contributed by atoms with Crippen molar-refractivity contribution in [1.82, 2.24) is 14.6 Å². The minimum atomic E-state index is -0.449. The molecule has 1 aliphatic heterocycles. The van der Waals surface area contributed by atoms with Gasteiger partial charge in [0.1, 0.15) is 36.4 Å². The maximum atomic E-state index is 14.1. The Labute approximate surface area is 177 Å². The van der Waals surface area contributed by atoms with Gasteiger partial charge in [-0.3, -0.25) is 4.79 Å². The van der Waals surface area contributed by atoms with E-state index in [1.54, 1.807) is 23.8 Å². The van der Waals surface area contributed by atoms with Crippen molar-refractivity contribution in [2.45, 2.75) is 25.7 Å². The van der Waals surface area contributed by atoms with E-state index < -0.39 is 5.82 Å². The van der Waals surface area contributed by atoms with E-state index in [9.17, 15) is 9.18 Å². The number of hydrogen-bond donors (Lipinski definition) is 3. The number of anilines is 4. The molecule has 1 aliphatic carbocycles. The second-order valence-corrected chi connectivity index (χ2v) is 7.72. The first-order chi connectivity index (χ1) is 15.1. The summed E-state index contributed by atoms with van der Waals surface area (Å²) < 4.78 is 26.8. The number of amides is 1.